The molecule has 12 heavy (non-hydrogen) atoms. The molecule has 0 spiro atoms. The number of rotatable bonds is 3. The van der Waals surface area contributed by atoms with Crippen molar-refractivity contribution in [2.24, 2.45) is 0 Å². The lowest BCUT2D eigenvalue weighted by Crippen LogP contribution is -1.87. The summed E-state index contributed by atoms with van der Waals surface area (Å²) < 4.78 is 0. The van der Waals surface area contributed by atoms with E-state index in [1.165, 1.54) is 24.0 Å². The van der Waals surface area contributed by atoms with Gasteiger partial charge in [0.2, 0.25) is 0 Å². The maximum atomic E-state index is 4.42. The molecule has 0 atom stereocenters. The van der Waals surface area contributed by atoms with Crippen molar-refractivity contribution < 1.29 is 0 Å². The summed E-state index contributed by atoms with van der Waals surface area (Å²) in [7, 11) is 0. The molecule has 1 aromatic rings. The number of hydrogen-bond acceptors (Lipinski definition) is 1. The second kappa shape index (κ2) is 4.56. The van der Waals surface area contributed by atoms with Crippen LogP contribution in [0, 0.1) is 6.92 Å². The van der Waals surface area contributed by atoms with E-state index in [9.17, 15) is 0 Å². The normalized spacial score (nSPS) is 10.2. The van der Waals surface area contributed by atoms with E-state index in [0.717, 1.165) is 11.3 Å². The molecule has 0 amide bonds. The van der Waals surface area contributed by atoms with Crippen LogP contribution in [-0.4, -0.2) is 0 Å². The first kappa shape index (κ1) is 9.66. The van der Waals surface area contributed by atoms with Crippen LogP contribution in [0.2, 0.25) is 0 Å². The summed E-state index contributed by atoms with van der Waals surface area (Å²) in [5.74, 6) is 0. The van der Waals surface area contributed by atoms with Crippen molar-refractivity contribution in [3.05, 3.63) is 29.3 Å². The highest BCUT2D eigenvalue weighted by atomic mass is 32.1. The predicted molar refractivity (Wildman–Crippen MR) is 57.0 cm³/mol. The van der Waals surface area contributed by atoms with Gasteiger partial charge < -0.3 is 0 Å². The molecule has 0 saturated heterocycles. The van der Waals surface area contributed by atoms with Gasteiger partial charge in [0.1, 0.15) is 0 Å². The summed E-state index contributed by atoms with van der Waals surface area (Å²) in [5.41, 5.74) is 2.72. The maximum absolute atomic E-state index is 4.42. The van der Waals surface area contributed by atoms with Crippen LogP contribution in [0.25, 0.3) is 0 Å². The summed E-state index contributed by atoms with van der Waals surface area (Å²) in [4.78, 5) is 1.13. The highest BCUT2D eigenvalue weighted by Crippen LogP contribution is 2.17. The average molecular weight is 180 g/mol. The maximum Gasteiger partial charge on any atom is 0.00722 e. The Bertz CT molecular complexity index is 253. The predicted octanol–water partition coefficient (Wildman–Crippen LogP) is 3.63. The minimum absolute atomic E-state index is 1.13. The largest absolute Gasteiger partial charge is 0.143 e. The van der Waals surface area contributed by atoms with Crippen LogP contribution in [0.15, 0.2) is 23.1 Å². The molecule has 0 aliphatic heterocycles. The Morgan fingerprint density at radius 1 is 1.33 bits per heavy atom. The van der Waals surface area contributed by atoms with E-state index in [1.807, 2.05) is 0 Å². The van der Waals surface area contributed by atoms with Gasteiger partial charge in [-0.3, -0.25) is 0 Å². The molecule has 0 fully saturated rings. The smallest absolute Gasteiger partial charge is 0.00722 e. The van der Waals surface area contributed by atoms with Crippen LogP contribution in [0.5, 0.6) is 0 Å². The highest BCUT2D eigenvalue weighted by Gasteiger charge is 1.97. The minimum atomic E-state index is 1.13. The van der Waals surface area contributed by atoms with Gasteiger partial charge in [-0.2, -0.15) is 0 Å². The van der Waals surface area contributed by atoms with Gasteiger partial charge in [-0.25, -0.2) is 0 Å². The molecule has 0 bridgehead atoms. The van der Waals surface area contributed by atoms with Crippen LogP contribution in [-0.2, 0) is 6.42 Å². The second-order valence-corrected chi connectivity index (χ2v) is 3.72. The lowest BCUT2D eigenvalue weighted by molar-refractivity contribution is 0.785. The Hall–Kier alpha value is -0.430. The third-order valence-electron chi connectivity index (χ3n) is 2.03. The SMILES string of the molecule is CCCCc1cc(C)ccc1S. The van der Waals surface area contributed by atoms with Crippen molar-refractivity contribution in [1.82, 2.24) is 0 Å². The second-order valence-electron chi connectivity index (χ2n) is 3.24. The van der Waals surface area contributed by atoms with Crippen LogP contribution >= 0.6 is 12.6 Å². The van der Waals surface area contributed by atoms with E-state index in [2.05, 4.69) is 44.7 Å². The Morgan fingerprint density at radius 3 is 2.75 bits per heavy atom. The molecule has 0 aliphatic carbocycles. The van der Waals surface area contributed by atoms with E-state index in [-0.39, 0.29) is 0 Å². The summed E-state index contributed by atoms with van der Waals surface area (Å²) in [6, 6.07) is 6.43. The fourth-order valence-corrected chi connectivity index (χ4v) is 1.53. The summed E-state index contributed by atoms with van der Waals surface area (Å²) in [5, 5.41) is 0. The Morgan fingerprint density at radius 2 is 2.08 bits per heavy atom. The summed E-state index contributed by atoms with van der Waals surface area (Å²) >= 11 is 4.42. The number of aryl methyl sites for hydroxylation is 2. The summed E-state index contributed by atoms with van der Waals surface area (Å²) in [6.45, 7) is 4.34. The number of thiol groups is 1. The van der Waals surface area contributed by atoms with Gasteiger partial charge >= 0.3 is 0 Å². The zero-order valence-corrected chi connectivity index (χ0v) is 8.70. The number of unbranched alkanes of at least 4 members (excludes halogenated alkanes) is 1. The molecule has 1 rings (SSSR count). The van der Waals surface area contributed by atoms with E-state index in [0.29, 0.717) is 0 Å². The van der Waals surface area contributed by atoms with Crippen molar-refractivity contribution in [2.75, 3.05) is 0 Å². The van der Waals surface area contributed by atoms with Crippen molar-refractivity contribution >= 4 is 12.6 Å². The van der Waals surface area contributed by atoms with Crippen LogP contribution in [0.4, 0.5) is 0 Å². The number of benzene rings is 1. The van der Waals surface area contributed by atoms with Crippen molar-refractivity contribution in [2.45, 2.75) is 38.0 Å². The molecule has 0 heterocycles. The zero-order chi connectivity index (χ0) is 8.97. The molecule has 66 valence electrons. The number of hydrogen-bond donors (Lipinski definition) is 1. The fraction of sp³-hybridized carbons (Fsp3) is 0.455. The quantitative estimate of drug-likeness (QED) is 0.675. The Balaban J connectivity index is 2.75. The van der Waals surface area contributed by atoms with Crippen LogP contribution in [0.1, 0.15) is 30.9 Å². The molecule has 0 aromatic heterocycles. The van der Waals surface area contributed by atoms with Gasteiger partial charge in [-0.15, -0.1) is 12.6 Å². The van der Waals surface area contributed by atoms with Crippen LogP contribution < -0.4 is 0 Å². The molecule has 0 saturated carbocycles. The highest BCUT2D eigenvalue weighted by molar-refractivity contribution is 7.80. The third-order valence-corrected chi connectivity index (χ3v) is 2.47. The van der Waals surface area contributed by atoms with E-state index >= 15 is 0 Å². The molecule has 1 aromatic carbocycles. The van der Waals surface area contributed by atoms with Gasteiger partial charge in [0.05, 0.1) is 0 Å². The summed E-state index contributed by atoms with van der Waals surface area (Å²) in [6.07, 6.45) is 3.68. The average Bonchev–Trinajstić information content (AvgIpc) is 2.07. The Kier molecular flexibility index (Phi) is 3.67. The molecule has 1 heteroatoms. The van der Waals surface area contributed by atoms with Crippen LogP contribution in [0.3, 0.4) is 0 Å². The molecular weight excluding hydrogens is 164 g/mol. The molecule has 0 nitrogen and oxygen atoms in total. The first-order valence-corrected chi connectivity index (χ1v) is 4.97. The van der Waals surface area contributed by atoms with E-state index in [4.69, 9.17) is 0 Å². The van der Waals surface area contributed by atoms with Crippen molar-refractivity contribution in [1.29, 1.82) is 0 Å². The monoisotopic (exact) mass is 180 g/mol. The molecular formula is C11H16S. The van der Waals surface area contributed by atoms with Gasteiger partial charge in [-0.1, -0.05) is 31.0 Å². The molecule has 0 unspecified atom stereocenters. The third kappa shape index (κ3) is 2.56. The van der Waals surface area contributed by atoms with E-state index < -0.39 is 0 Å². The minimum Gasteiger partial charge on any atom is -0.143 e. The van der Waals surface area contributed by atoms with Gasteiger partial charge in [0, 0.05) is 4.90 Å². The first-order valence-electron chi connectivity index (χ1n) is 4.52. The van der Waals surface area contributed by atoms with Gasteiger partial charge in [0.25, 0.3) is 0 Å². The fourth-order valence-electron chi connectivity index (χ4n) is 1.28. The molecule has 0 N–H and O–H groups in total. The lowest BCUT2D eigenvalue weighted by Gasteiger charge is -2.04. The Labute approximate surface area is 80.4 Å². The van der Waals surface area contributed by atoms with Crippen molar-refractivity contribution in [3.63, 3.8) is 0 Å². The zero-order valence-electron chi connectivity index (χ0n) is 7.80. The van der Waals surface area contributed by atoms with E-state index in [1.54, 1.807) is 0 Å². The van der Waals surface area contributed by atoms with Crippen molar-refractivity contribution in [3.8, 4) is 0 Å². The topological polar surface area (TPSA) is 0 Å². The molecule has 0 aliphatic rings. The lowest BCUT2D eigenvalue weighted by atomic mass is 10.1. The van der Waals surface area contributed by atoms with Gasteiger partial charge in [0.15, 0.2) is 0 Å². The van der Waals surface area contributed by atoms with Gasteiger partial charge in [-0.05, 0) is 31.4 Å². The first-order chi connectivity index (χ1) is 5.74. The molecule has 0 radical (unpaired) electrons. The standard InChI is InChI=1S/C11H16S/c1-3-4-5-10-8-9(2)6-7-11(10)12/h6-8,12H,3-5H2,1-2H3.